The molecule has 9 nitrogen and oxygen atoms in total. The Hall–Kier alpha value is -5.93. The topological polar surface area (TPSA) is 103 Å². The van der Waals surface area contributed by atoms with Gasteiger partial charge in [0.2, 0.25) is 5.91 Å². The number of quaternary nitrogens is 1. The van der Waals surface area contributed by atoms with Gasteiger partial charge in [-0.3, -0.25) is 4.79 Å². The van der Waals surface area contributed by atoms with Gasteiger partial charge in [-0.05, 0) is 84.2 Å². The number of nitrogens with zero attached hydrogens (tertiary/aromatic N) is 1. The molecule has 5 aromatic carbocycles. The van der Waals surface area contributed by atoms with Crippen LogP contribution in [0, 0.1) is 6.92 Å². The molecular weight excluding hydrogens is 727 g/mol. The summed E-state index contributed by atoms with van der Waals surface area (Å²) >= 11 is 0. The molecule has 2 N–H and O–H groups in total. The van der Waals surface area contributed by atoms with Gasteiger partial charge in [0.1, 0.15) is 24.4 Å². The molecule has 0 saturated carbocycles. The molecule has 0 saturated heterocycles. The Balaban J connectivity index is 1.10. The van der Waals surface area contributed by atoms with Crippen LogP contribution >= 0.6 is 0 Å². The van der Waals surface area contributed by atoms with Gasteiger partial charge in [-0.15, -0.1) is 0 Å². The van der Waals surface area contributed by atoms with Crippen LogP contribution in [0.25, 0.3) is 11.1 Å². The van der Waals surface area contributed by atoms with Crippen LogP contribution in [0.4, 0.5) is 4.79 Å². The van der Waals surface area contributed by atoms with Crippen molar-refractivity contribution in [3.63, 3.8) is 0 Å². The highest BCUT2D eigenvalue weighted by atomic mass is 16.6. The van der Waals surface area contributed by atoms with Crippen molar-refractivity contribution in [1.29, 1.82) is 0 Å². The number of benzene rings is 5. The molecule has 2 amide bonds. The number of rotatable bonds is 18. The molecule has 6 rings (SSSR count). The molecule has 0 spiro atoms. The van der Waals surface area contributed by atoms with Gasteiger partial charge in [-0.1, -0.05) is 121 Å². The Morgan fingerprint density at radius 1 is 0.690 bits per heavy atom. The monoisotopic (exact) mass is 782 g/mol. The second-order valence-electron chi connectivity index (χ2n) is 16.2. The number of unbranched alkanes of at least 4 members (excludes halogenated alkanes) is 2. The van der Waals surface area contributed by atoms with Gasteiger partial charge in [0.25, 0.3) is 0 Å². The van der Waals surface area contributed by atoms with Crippen LogP contribution in [0.3, 0.4) is 0 Å². The number of aryl methyl sites for hydroxylation is 1. The van der Waals surface area contributed by atoms with E-state index in [0.717, 1.165) is 80.5 Å². The normalized spacial score (nSPS) is 13.7. The molecule has 302 valence electrons. The summed E-state index contributed by atoms with van der Waals surface area (Å²) in [5.41, 5.74) is 7.91. The lowest BCUT2D eigenvalue weighted by Gasteiger charge is -2.25. The van der Waals surface area contributed by atoms with E-state index in [1.54, 1.807) is 6.92 Å². The van der Waals surface area contributed by atoms with E-state index in [-0.39, 0.29) is 18.9 Å². The van der Waals surface area contributed by atoms with Crippen LogP contribution in [0.5, 0.6) is 5.75 Å². The molecule has 0 aromatic heterocycles. The highest BCUT2D eigenvalue weighted by Gasteiger charge is 2.31. The summed E-state index contributed by atoms with van der Waals surface area (Å²) in [6.45, 7) is 5.43. The summed E-state index contributed by atoms with van der Waals surface area (Å²) in [5, 5.41) is 5.52. The average Bonchev–Trinajstić information content (AvgIpc) is 3.54. The van der Waals surface area contributed by atoms with Gasteiger partial charge in [-0.2, -0.15) is 0 Å². The predicted molar refractivity (Wildman–Crippen MR) is 228 cm³/mol. The van der Waals surface area contributed by atoms with E-state index in [4.69, 9.17) is 14.2 Å². The summed E-state index contributed by atoms with van der Waals surface area (Å²) in [6.07, 6.45) is 1.94. The van der Waals surface area contributed by atoms with Crippen molar-refractivity contribution in [2.75, 3.05) is 40.9 Å². The largest absolute Gasteiger partial charge is 0.494 e. The molecule has 1 aliphatic carbocycles. The first-order valence-electron chi connectivity index (χ1n) is 20.2. The van der Waals surface area contributed by atoms with E-state index in [2.05, 4.69) is 43.9 Å². The van der Waals surface area contributed by atoms with Crippen molar-refractivity contribution in [2.45, 2.75) is 63.6 Å². The smallest absolute Gasteiger partial charge is 0.407 e. The quantitative estimate of drug-likeness (QED) is 0.0525. The fraction of sp³-hybridized carbons (Fsp3) is 0.327. The van der Waals surface area contributed by atoms with Gasteiger partial charge in [-0.25, -0.2) is 9.59 Å². The molecule has 9 heteroatoms. The lowest BCUT2D eigenvalue weighted by Crippen LogP contribution is -2.51. The molecule has 58 heavy (non-hydrogen) atoms. The Morgan fingerprint density at radius 2 is 1.28 bits per heavy atom. The summed E-state index contributed by atoms with van der Waals surface area (Å²) in [4.78, 5) is 40.9. The van der Waals surface area contributed by atoms with Gasteiger partial charge >= 0.3 is 12.1 Å². The minimum atomic E-state index is -1.05. The zero-order chi connectivity index (χ0) is 41.1. The average molecular weight is 783 g/mol. The molecular formula is C49H56N3O6+. The molecule has 1 aliphatic rings. The second-order valence-corrected chi connectivity index (χ2v) is 16.2. The van der Waals surface area contributed by atoms with Crippen LogP contribution in [0.2, 0.25) is 0 Å². The van der Waals surface area contributed by atoms with E-state index < -0.39 is 36.2 Å². The second kappa shape index (κ2) is 19.5. The van der Waals surface area contributed by atoms with E-state index in [0.29, 0.717) is 6.61 Å². The number of nitrogens with one attached hydrogen (secondary N) is 2. The number of esters is 1. The highest BCUT2D eigenvalue weighted by molar-refractivity contribution is 5.89. The van der Waals surface area contributed by atoms with E-state index in [1.807, 2.05) is 122 Å². The summed E-state index contributed by atoms with van der Waals surface area (Å²) < 4.78 is 19.0. The maximum absolute atomic E-state index is 14.2. The standard InChI is InChI=1S/C49H55N3O6/c1-34-22-24-37(25-23-34)46(38-26-28-39(29-27-38)56-31-15-7-14-30-52(3,4)5)58-48(54)45(32-36-16-8-6-9-17-36)51-47(53)35(2)50-49(55)57-33-44-42-20-12-10-18-40(42)41-19-11-13-21-43(41)44/h6,8-13,16-29,35,44-46H,7,14-15,30-33H2,1-5H3,(H-,50,51,53,55)/p+1. The van der Waals surface area contributed by atoms with Crippen molar-refractivity contribution in [3.05, 3.63) is 161 Å². The van der Waals surface area contributed by atoms with Crippen molar-refractivity contribution in [1.82, 2.24) is 10.6 Å². The zero-order valence-electron chi connectivity index (χ0n) is 34.3. The Morgan fingerprint density at radius 3 is 1.90 bits per heavy atom. The van der Waals surface area contributed by atoms with Crippen LogP contribution < -0.4 is 15.4 Å². The molecule has 0 fully saturated rings. The Labute approximate surface area is 342 Å². The molecule has 3 unspecified atom stereocenters. The predicted octanol–water partition coefficient (Wildman–Crippen LogP) is 8.54. The maximum Gasteiger partial charge on any atom is 0.407 e. The minimum Gasteiger partial charge on any atom is -0.494 e. The number of alkyl carbamates (subject to hydrolysis) is 1. The number of ether oxygens (including phenoxy) is 3. The van der Waals surface area contributed by atoms with Gasteiger partial charge in [0.05, 0.1) is 34.3 Å². The minimum absolute atomic E-state index is 0.113. The molecule has 0 radical (unpaired) electrons. The first-order valence-corrected chi connectivity index (χ1v) is 20.2. The van der Waals surface area contributed by atoms with E-state index >= 15 is 0 Å². The first kappa shape index (κ1) is 41.7. The van der Waals surface area contributed by atoms with Crippen LogP contribution in [-0.2, 0) is 25.5 Å². The first-order chi connectivity index (χ1) is 27.9. The fourth-order valence-electron chi connectivity index (χ4n) is 7.28. The van der Waals surface area contributed by atoms with E-state index in [1.165, 1.54) is 0 Å². The summed E-state index contributed by atoms with van der Waals surface area (Å²) in [5.74, 6) is -0.524. The lowest BCUT2D eigenvalue weighted by atomic mass is 9.98. The summed E-state index contributed by atoms with van der Waals surface area (Å²) in [6, 6.07) is 39.1. The number of fused-ring (bicyclic) bond motifs is 3. The number of amides is 2. The fourth-order valence-corrected chi connectivity index (χ4v) is 7.28. The number of carbonyl (C=O) groups excluding carboxylic acids is 3. The number of hydrogen-bond donors (Lipinski definition) is 2. The molecule has 0 bridgehead atoms. The Kier molecular flexibility index (Phi) is 14.0. The van der Waals surface area contributed by atoms with Crippen LogP contribution in [0.15, 0.2) is 127 Å². The zero-order valence-corrected chi connectivity index (χ0v) is 34.3. The molecule has 0 heterocycles. The van der Waals surface area contributed by atoms with Gasteiger partial charge in [0.15, 0.2) is 6.10 Å². The van der Waals surface area contributed by atoms with Crippen molar-refractivity contribution < 1.29 is 33.1 Å². The maximum atomic E-state index is 14.2. The third kappa shape index (κ3) is 11.3. The number of carbonyl (C=O) groups is 3. The van der Waals surface area contributed by atoms with Crippen molar-refractivity contribution >= 4 is 18.0 Å². The van der Waals surface area contributed by atoms with Crippen molar-refractivity contribution in [2.24, 2.45) is 0 Å². The van der Waals surface area contributed by atoms with Crippen LogP contribution in [0.1, 0.15) is 71.6 Å². The molecule has 0 aliphatic heterocycles. The SMILES string of the molecule is Cc1ccc(C(OC(=O)C(Cc2ccccc2)NC(=O)C(C)NC(=O)OCC2c3ccccc3-c3ccccc32)c2ccc(OCCCCC[N+](C)(C)C)cc2)cc1. The third-order valence-corrected chi connectivity index (χ3v) is 10.5. The third-order valence-electron chi connectivity index (χ3n) is 10.5. The lowest BCUT2D eigenvalue weighted by molar-refractivity contribution is -0.870. The highest BCUT2D eigenvalue weighted by Crippen LogP contribution is 2.44. The van der Waals surface area contributed by atoms with Crippen molar-refractivity contribution in [3.8, 4) is 16.9 Å². The summed E-state index contributed by atoms with van der Waals surface area (Å²) in [7, 11) is 6.61. The number of hydrogen-bond acceptors (Lipinski definition) is 6. The van der Waals surface area contributed by atoms with Gasteiger partial charge in [0, 0.05) is 12.3 Å². The van der Waals surface area contributed by atoms with Crippen LogP contribution in [-0.4, -0.2) is 75.4 Å². The molecule has 3 atom stereocenters. The Bertz CT molecular complexity index is 2080. The van der Waals surface area contributed by atoms with Gasteiger partial charge < -0.3 is 29.3 Å². The van der Waals surface area contributed by atoms with E-state index in [9.17, 15) is 14.4 Å². The molecule has 5 aromatic rings.